The number of carbonyl (C=O) groups is 1. The minimum Gasteiger partial charge on any atom is -0.301 e. The molecule has 1 aliphatic carbocycles. The molecule has 2 heterocycles. The van der Waals surface area contributed by atoms with E-state index in [0.29, 0.717) is 18.1 Å². The highest BCUT2D eigenvalue weighted by Crippen LogP contribution is 2.40. The van der Waals surface area contributed by atoms with Gasteiger partial charge in [0.2, 0.25) is 15.9 Å². The van der Waals surface area contributed by atoms with Crippen molar-refractivity contribution in [3.8, 4) is 11.3 Å². The number of nitrogens with zero attached hydrogens (tertiary/aromatic N) is 2. The number of aromatic nitrogens is 1. The second-order valence-corrected chi connectivity index (χ2v) is 9.52. The van der Waals surface area contributed by atoms with Crippen molar-refractivity contribution in [2.45, 2.75) is 31.7 Å². The van der Waals surface area contributed by atoms with Crippen LogP contribution in [0.3, 0.4) is 0 Å². The van der Waals surface area contributed by atoms with Gasteiger partial charge in [0.25, 0.3) is 0 Å². The lowest BCUT2D eigenvalue weighted by Gasteiger charge is -2.32. The van der Waals surface area contributed by atoms with E-state index in [-0.39, 0.29) is 5.91 Å². The number of fused-ring (bicyclic) bond motifs is 3. The lowest BCUT2D eigenvalue weighted by molar-refractivity contribution is -0.120. The third-order valence-electron chi connectivity index (χ3n) is 4.73. The number of rotatable bonds is 3. The van der Waals surface area contributed by atoms with Crippen LogP contribution in [0.25, 0.3) is 11.3 Å². The van der Waals surface area contributed by atoms with E-state index in [1.54, 1.807) is 0 Å². The molecular weight excluding hydrogens is 358 g/mol. The standard InChI is InChI=1S/C17H19N3O3S2/c1-25(22,23)20-9-5-4-8-13(20)16(21)19-17-18-15-12-7-3-2-6-11(12)10-14(15)24-17/h2-3,6-7,13H,4-5,8-10H2,1H3,(H,18,19,21). The average molecular weight is 377 g/mol. The van der Waals surface area contributed by atoms with Crippen LogP contribution >= 0.6 is 11.3 Å². The molecule has 1 aromatic heterocycles. The number of sulfonamides is 1. The minimum atomic E-state index is -3.39. The van der Waals surface area contributed by atoms with Crippen molar-refractivity contribution in [1.82, 2.24) is 9.29 Å². The Labute approximate surface area is 150 Å². The zero-order valence-electron chi connectivity index (χ0n) is 13.9. The molecule has 1 fully saturated rings. The van der Waals surface area contributed by atoms with Crippen molar-refractivity contribution in [2.24, 2.45) is 0 Å². The van der Waals surface area contributed by atoms with Gasteiger partial charge in [-0.2, -0.15) is 4.31 Å². The van der Waals surface area contributed by atoms with Gasteiger partial charge in [0.05, 0.1) is 11.9 Å². The molecule has 1 aliphatic heterocycles. The molecule has 4 rings (SSSR count). The predicted molar refractivity (Wildman–Crippen MR) is 98.2 cm³/mol. The van der Waals surface area contributed by atoms with Crippen LogP contribution in [-0.4, -0.2) is 42.5 Å². The average Bonchev–Trinajstić information content (AvgIpc) is 3.11. The lowest BCUT2D eigenvalue weighted by Crippen LogP contribution is -2.49. The maximum atomic E-state index is 12.6. The van der Waals surface area contributed by atoms with Crippen molar-refractivity contribution in [2.75, 3.05) is 18.1 Å². The van der Waals surface area contributed by atoms with E-state index in [4.69, 9.17) is 0 Å². The summed E-state index contributed by atoms with van der Waals surface area (Å²) in [5, 5.41) is 3.38. The molecule has 1 unspecified atom stereocenters. The zero-order valence-corrected chi connectivity index (χ0v) is 15.5. The van der Waals surface area contributed by atoms with Crippen molar-refractivity contribution < 1.29 is 13.2 Å². The third kappa shape index (κ3) is 3.09. The first kappa shape index (κ1) is 16.7. The Morgan fingerprint density at radius 1 is 1.32 bits per heavy atom. The Hall–Kier alpha value is -1.77. The van der Waals surface area contributed by atoms with Gasteiger partial charge in [0.15, 0.2) is 5.13 Å². The smallest absolute Gasteiger partial charge is 0.244 e. The van der Waals surface area contributed by atoms with Gasteiger partial charge in [0.1, 0.15) is 6.04 Å². The van der Waals surface area contributed by atoms with Crippen LogP contribution in [0, 0.1) is 0 Å². The molecule has 25 heavy (non-hydrogen) atoms. The SMILES string of the molecule is CS(=O)(=O)N1CCCCC1C(=O)Nc1nc2c(s1)Cc1ccccc1-2. The molecule has 0 bridgehead atoms. The van der Waals surface area contributed by atoms with Crippen LogP contribution in [-0.2, 0) is 21.2 Å². The van der Waals surface area contributed by atoms with E-state index in [1.807, 2.05) is 18.2 Å². The molecule has 1 amide bonds. The van der Waals surface area contributed by atoms with Crippen LogP contribution in [0.5, 0.6) is 0 Å². The first-order valence-corrected chi connectivity index (χ1v) is 11.0. The van der Waals surface area contributed by atoms with Crippen LogP contribution in [0.4, 0.5) is 5.13 Å². The molecule has 2 aromatic rings. The number of carbonyl (C=O) groups excluding carboxylic acids is 1. The molecule has 1 aromatic carbocycles. The highest BCUT2D eigenvalue weighted by Gasteiger charge is 2.35. The highest BCUT2D eigenvalue weighted by molar-refractivity contribution is 7.88. The van der Waals surface area contributed by atoms with Crippen LogP contribution in [0.1, 0.15) is 29.7 Å². The summed E-state index contributed by atoms with van der Waals surface area (Å²) in [7, 11) is -3.39. The number of hydrogen-bond acceptors (Lipinski definition) is 5. The summed E-state index contributed by atoms with van der Waals surface area (Å²) < 4.78 is 25.2. The summed E-state index contributed by atoms with van der Waals surface area (Å²) in [6.07, 6.45) is 4.18. The second-order valence-electron chi connectivity index (χ2n) is 6.50. The molecule has 1 N–H and O–H groups in total. The summed E-state index contributed by atoms with van der Waals surface area (Å²) in [4.78, 5) is 18.4. The largest absolute Gasteiger partial charge is 0.301 e. The van der Waals surface area contributed by atoms with E-state index in [2.05, 4.69) is 16.4 Å². The fourth-order valence-corrected chi connectivity index (χ4v) is 5.69. The van der Waals surface area contributed by atoms with E-state index >= 15 is 0 Å². The summed E-state index contributed by atoms with van der Waals surface area (Å²) >= 11 is 1.47. The predicted octanol–water partition coefficient (Wildman–Crippen LogP) is 2.47. The summed E-state index contributed by atoms with van der Waals surface area (Å²) in [5.74, 6) is -0.286. The molecule has 0 saturated carbocycles. The molecule has 132 valence electrons. The van der Waals surface area contributed by atoms with Gasteiger partial charge in [-0.3, -0.25) is 4.79 Å². The molecule has 6 nitrogen and oxygen atoms in total. The van der Waals surface area contributed by atoms with E-state index in [1.165, 1.54) is 21.2 Å². The Bertz CT molecular complexity index is 936. The maximum absolute atomic E-state index is 12.6. The lowest BCUT2D eigenvalue weighted by atomic mass is 10.0. The van der Waals surface area contributed by atoms with Gasteiger partial charge in [0, 0.05) is 23.4 Å². The number of benzene rings is 1. The summed E-state index contributed by atoms with van der Waals surface area (Å²) in [6, 6.07) is 7.49. The fourth-order valence-electron chi connectivity index (χ4n) is 3.57. The maximum Gasteiger partial charge on any atom is 0.244 e. The quantitative estimate of drug-likeness (QED) is 0.760. The van der Waals surface area contributed by atoms with Crippen LogP contribution in [0.2, 0.25) is 0 Å². The number of hydrogen-bond donors (Lipinski definition) is 1. The Morgan fingerprint density at radius 2 is 2.12 bits per heavy atom. The number of nitrogens with one attached hydrogen (secondary N) is 1. The number of piperidine rings is 1. The number of anilines is 1. The molecule has 0 spiro atoms. The molecule has 1 saturated heterocycles. The van der Waals surface area contributed by atoms with Gasteiger partial charge in [-0.1, -0.05) is 30.7 Å². The summed E-state index contributed by atoms with van der Waals surface area (Å²) in [6.45, 7) is 0.401. The van der Waals surface area contributed by atoms with Crippen molar-refractivity contribution in [1.29, 1.82) is 0 Å². The first-order valence-electron chi connectivity index (χ1n) is 8.29. The molecule has 2 aliphatic rings. The van der Waals surface area contributed by atoms with Crippen molar-refractivity contribution >= 4 is 32.4 Å². The molecule has 1 atom stereocenters. The normalized spacial score (nSPS) is 20.1. The fraction of sp³-hybridized carbons (Fsp3) is 0.412. The van der Waals surface area contributed by atoms with Gasteiger partial charge >= 0.3 is 0 Å². The second kappa shape index (κ2) is 6.19. The topological polar surface area (TPSA) is 79.4 Å². The monoisotopic (exact) mass is 377 g/mol. The van der Waals surface area contributed by atoms with E-state index in [0.717, 1.165) is 41.7 Å². The van der Waals surface area contributed by atoms with Crippen molar-refractivity contribution in [3.05, 3.63) is 34.7 Å². The Kier molecular flexibility index (Phi) is 4.13. The van der Waals surface area contributed by atoms with E-state index < -0.39 is 16.1 Å². The Morgan fingerprint density at radius 3 is 2.92 bits per heavy atom. The molecule has 8 heteroatoms. The van der Waals surface area contributed by atoms with Gasteiger partial charge in [-0.05, 0) is 18.4 Å². The van der Waals surface area contributed by atoms with Crippen LogP contribution in [0.15, 0.2) is 24.3 Å². The number of amides is 1. The first-order chi connectivity index (χ1) is 11.9. The highest BCUT2D eigenvalue weighted by atomic mass is 32.2. The van der Waals surface area contributed by atoms with Gasteiger partial charge < -0.3 is 5.32 Å². The van der Waals surface area contributed by atoms with Crippen LogP contribution < -0.4 is 5.32 Å². The Balaban J connectivity index is 1.55. The molecule has 0 radical (unpaired) electrons. The number of thiazole rings is 1. The van der Waals surface area contributed by atoms with Gasteiger partial charge in [-0.15, -0.1) is 11.3 Å². The third-order valence-corrected chi connectivity index (χ3v) is 6.99. The van der Waals surface area contributed by atoms with E-state index in [9.17, 15) is 13.2 Å². The van der Waals surface area contributed by atoms with Gasteiger partial charge in [-0.25, -0.2) is 13.4 Å². The zero-order chi connectivity index (χ0) is 17.6. The minimum absolute atomic E-state index is 0.286. The summed E-state index contributed by atoms with van der Waals surface area (Å²) in [5.41, 5.74) is 3.30. The van der Waals surface area contributed by atoms with Crippen molar-refractivity contribution in [3.63, 3.8) is 0 Å². The molecular formula is C17H19N3O3S2.